The molecule has 1 aliphatic rings. The van der Waals surface area contributed by atoms with Gasteiger partial charge in [0.25, 0.3) is 11.8 Å². The van der Waals surface area contributed by atoms with Gasteiger partial charge in [0.2, 0.25) is 0 Å². The number of nitrogens with zero attached hydrogens (tertiary/aromatic N) is 7. The number of carbonyl (C=O) groups excluding carboxylic acids is 2. The fourth-order valence-corrected chi connectivity index (χ4v) is 4.78. The van der Waals surface area contributed by atoms with E-state index < -0.39 is 5.41 Å². The molecule has 4 N–H and O–H groups in total. The number of nitriles is 1. The number of amides is 2. The van der Waals surface area contributed by atoms with Gasteiger partial charge in [0.15, 0.2) is 11.5 Å². The van der Waals surface area contributed by atoms with Gasteiger partial charge in [0, 0.05) is 62.3 Å². The molecule has 0 spiro atoms. The van der Waals surface area contributed by atoms with E-state index >= 15 is 0 Å². The topological polar surface area (TPSA) is 156 Å². The van der Waals surface area contributed by atoms with Crippen molar-refractivity contribution in [2.45, 2.75) is 26.2 Å². The Morgan fingerprint density at radius 3 is 2.49 bits per heavy atom. The summed E-state index contributed by atoms with van der Waals surface area (Å²) in [5, 5.41) is 25.1. The number of rotatable bonds is 9. The maximum Gasteiger partial charge on any atom is 0.271 e. The lowest BCUT2D eigenvalue weighted by Crippen LogP contribution is -2.47. The lowest BCUT2D eigenvalue weighted by molar-refractivity contribution is 0.0956. The van der Waals surface area contributed by atoms with Crippen molar-refractivity contribution in [2.24, 2.45) is 0 Å². The highest BCUT2D eigenvalue weighted by Crippen LogP contribution is 2.28. The smallest absolute Gasteiger partial charge is 0.271 e. The Hall–Kier alpha value is -5.32. The van der Waals surface area contributed by atoms with Gasteiger partial charge < -0.3 is 26.3 Å². The Morgan fingerprint density at radius 1 is 0.978 bits per heavy atom. The number of aryl methyl sites for hydroxylation is 1. The number of hydrogen-bond acceptors (Lipinski definition) is 10. The number of hydrazine groups is 1. The Kier molecular flexibility index (Phi) is 9.08. The molecule has 0 aliphatic carbocycles. The molecule has 13 nitrogen and oxygen atoms in total. The highest BCUT2D eigenvalue weighted by atomic mass is 16.2. The largest absolute Gasteiger partial charge is 0.354 e. The quantitative estimate of drug-likeness (QED) is 0.221. The Bertz CT molecular complexity index is 1750. The molecule has 232 valence electrons. The molecule has 0 bridgehead atoms. The van der Waals surface area contributed by atoms with Gasteiger partial charge in [-0.2, -0.15) is 15.0 Å². The summed E-state index contributed by atoms with van der Waals surface area (Å²) in [4.78, 5) is 36.8. The van der Waals surface area contributed by atoms with E-state index in [0.29, 0.717) is 34.4 Å². The standard InChI is InChI=1S/C32H37N11O2/c1-21-9-10-24(37-30(44)22-7-6-8-23(15-22)32(2,3)19-33)16-25(21)38-29-17-26(31(45)34-4)39-43(29)28-18-27(35-20-36-28)40-42-13-11-41(5)12-14-42/h6-10,15-18,20,38H,11-14H2,1-5H3,(H,34,45)(H,37,44)(H,35,36,40). The van der Waals surface area contributed by atoms with E-state index in [1.54, 1.807) is 42.1 Å². The lowest BCUT2D eigenvalue weighted by atomic mass is 9.85. The average molecular weight is 608 g/mol. The van der Waals surface area contributed by atoms with E-state index in [1.165, 1.54) is 6.33 Å². The van der Waals surface area contributed by atoms with Crippen LogP contribution in [0.1, 0.15) is 45.8 Å². The molecule has 2 aromatic heterocycles. The fourth-order valence-electron chi connectivity index (χ4n) is 4.78. The zero-order valence-electron chi connectivity index (χ0n) is 26.0. The molecular formula is C32H37N11O2. The Labute approximate surface area is 262 Å². The number of aromatic nitrogens is 4. The first-order valence-electron chi connectivity index (χ1n) is 14.6. The van der Waals surface area contributed by atoms with Gasteiger partial charge in [-0.15, -0.1) is 0 Å². The Balaban J connectivity index is 1.40. The molecule has 3 heterocycles. The molecule has 0 unspecified atom stereocenters. The molecule has 0 radical (unpaired) electrons. The molecule has 5 rings (SSSR count). The van der Waals surface area contributed by atoms with E-state index in [4.69, 9.17) is 0 Å². The van der Waals surface area contributed by atoms with Gasteiger partial charge >= 0.3 is 0 Å². The molecule has 4 aromatic rings. The number of piperazine rings is 1. The van der Waals surface area contributed by atoms with E-state index in [9.17, 15) is 14.9 Å². The second-order valence-electron chi connectivity index (χ2n) is 11.5. The molecular weight excluding hydrogens is 570 g/mol. The van der Waals surface area contributed by atoms with Crippen molar-refractivity contribution in [3.05, 3.63) is 83.3 Å². The highest BCUT2D eigenvalue weighted by Gasteiger charge is 2.22. The maximum atomic E-state index is 13.2. The summed E-state index contributed by atoms with van der Waals surface area (Å²) in [5.41, 5.74) is 6.20. The van der Waals surface area contributed by atoms with Crippen molar-refractivity contribution in [2.75, 3.05) is 56.3 Å². The van der Waals surface area contributed by atoms with Crippen molar-refractivity contribution in [3.8, 4) is 11.9 Å². The summed E-state index contributed by atoms with van der Waals surface area (Å²) in [7, 11) is 3.64. The minimum absolute atomic E-state index is 0.203. The summed E-state index contributed by atoms with van der Waals surface area (Å²) in [5.74, 6) is 0.919. The Morgan fingerprint density at radius 2 is 1.76 bits per heavy atom. The van der Waals surface area contributed by atoms with E-state index in [-0.39, 0.29) is 17.5 Å². The predicted molar refractivity (Wildman–Crippen MR) is 173 cm³/mol. The number of anilines is 4. The third-order valence-electron chi connectivity index (χ3n) is 7.70. The van der Waals surface area contributed by atoms with Gasteiger partial charge in [0.05, 0.1) is 11.5 Å². The summed E-state index contributed by atoms with van der Waals surface area (Å²) in [6.45, 7) is 9.14. The van der Waals surface area contributed by atoms with Crippen LogP contribution in [0.4, 0.5) is 23.0 Å². The first-order chi connectivity index (χ1) is 21.6. The fraction of sp³-hybridized carbons (Fsp3) is 0.312. The van der Waals surface area contributed by atoms with Gasteiger partial charge in [-0.3, -0.25) is 9.59 Å². The van der Waals surface area contributed by atoms with Gasteiger partial charge in [-0.25, -0.2) is 15.0 Å². The highest BCUT2D eigenvalue weighted by molar-refractivity contribution is 6.04. The monoisotopic (exact) mass is 607 g/mol. The van der Waals surface area contributed by atoms with Gasteiger partial charge in [-0.1, -0.05) is 18.2 Å². The predicted octanol–water partition coefficient (Wildman–Crippen LogP) is 3.70. The van der Waals surface area contributed by atoms with Crippen molar-refractivity contribution < 1.29 is 9.59 Å². The first kappa shape index (κ1) is 31.1. The van der Waals surface area contributed by atoms with Crippen molar-refractivity contribution in [1.29, 1.82) is 5.26 Å². The normalized spacial score (nSPS) is 14.0. The first-order valence-corrected chi connectivity index (χ1v) is 14.6. The molecule has 2 amide bonds. The number of likely N-dealkylation sites (N-methyl/N-ethyl adjacent to an activating group) is 1. The van der Waals surface area contributed by atoms with E-state index in [2.05, 4.69) is 59.5 Å². The van der Waals surface area contributed by atoms with Crippen LogP contribution in [-0.2, 0) is 5.41 Å². The second-order valence-corrected chi connectivity index (χ2v) is 11.5. The molecule has 1 saturated heterocycles. The molecule has 13 heteroatoms. The molecule has 1 aliphatic heterocycles. The summed E-state index contributed by atoms with van der Waals surface area (Å²) >= 11 is 0. The van der Waals surface area contributed by atoms with Crippen LogP contribution in [0.2, 0.25) is 0 Å². The molecule has 2 aromatic carbocycles. The third-order valence-corrected chi connectivity index (χ3v) is 7.70. The van der Waals surface area contributed by atoms with Crippen LogP contribution in [0.3, 0.4) is 0 Å². The zero-order valence-corrected chi connectivity index (χ0v) is 26.0. The number of hydrogen-bond donors (Lipinski definition) is 4. The van der Waals surface area contributed by atoms with Crippen LogP contribution in [0.5, 0.6) is 0 Å². The lowest BCUT2D eigenvalue weighted by Gasteiger charge is -2.32. The SMILES string of the molecule is CNC(=O)c1cc(Nc2cc(NC(=O)c3cccc(C(C)(C)C#N)c3)ccc2C)n(-c2cc(NN3CCN(C)CC3)ncn2)n1. The van der Waals surface area contributed by atoms with E-state index in [0.717, 1.165) is 37.3 Å². The molecule has 0 saturated carbocycles. The molecule has 0 atom stereocenters. The second kappa shape index (κ2) is 13.1. The maximum absolute atomic E-state index is 13.2. The van der Waals surface area contributed by atoms with Crippen LogP contribution >= 0.6 is 0 Å². The number of carbonyl (C=O) groups is 2. The third kappa shape index (κ3) is 7.26. The minimum atomic E-state index is -0.723. The summed E-state index contributed by atoms with van der Waals surface area (Å²) in [6, 6.07) is 18.3. The van der Waals surface area contributed by atoms with Crippen molar-refractivity contribution in [1.82, 2.24) is 35.0 Å². The van der Waals surface area contributed by atoms with Crippen LogP contribution in [0.15, 0.2) is 60.9 Å². The van der Waals surface area contributed by atoms with Crippen LogP contribution in [0.25, 0.3) is 5.82 Å². The molecule has 45 heavy (non-hydrogen) atoms. The number of nitrogens with one attached hydrogen (secondary N) is 4. The molecule has 1 fully saturated rings. The minimum Gasteiger partial charge on any atom is -0.354 e. The average Bonchev–Trinajstić information content (AvgIpc) is 3.47. The van der Waals surface area contributed by atoms with Crippen molar-refractivity contribution >= 4 is 34.8 Å². The van der Waals surface area contributed by atoms with Gasteiger partial charge in [-0.05, 0) is 63.2 Å². The van der Waals surface area contributed by atoms with Gasteiger partial charge in [0.1, 0.15) is 18.0 Å². The summed E-state index contributed by atoms with van der Waals surface area (Å²) in [6.07, 6.45) is 1.45. The van der Waals surface area contributed by atoms with Crippen LogP contribution in [-0.4, -0.2) is 81.7 Å². The van der Waals surface area contributed by atoms with Crippen LogP contribution < -0.4 is 21.4 Å². The zero-order chi connectivity index (χ0) is 32.1. The van der Waals surface area contributed by atoms with Crippen molar-refractivity contribution in [3.63, 3.8) is 0 Å². The van der Waals surface area contributed by atoms with Crippen LogP contribution in [0, 0.1) is 18.3 Å². The summed E-state index contributed by atoms with van der Waals surface area (Å²) < 4.78 is 1.55. The number of benzene rings is 2. The van der Waals surface area contributed by atoms with E-state index in [1.807, 2.05) is 45.0 Å².